The largest absolute Gasteiger partial charge is 0.480 e. The SMILES string of the molecule is O=C(CN1CCCCC1C(=O)O)NCc1cccs1. The molecule has 1 aromatic heterocycles. The van der Waals surface area contributed by atoms with Gasteiger partial charge in [-0.1, -0.05) is 12.5 Å². The Hall–Kier alpha value is -1.40. The minimum absolute atomic E-state index is 0.110. The Morgan fingerprint density at radius 1 is 1.47 bits per heavy atom. The number of nitrogens with one attached hydrogen (secondary N) is 1. The van der Waals surface area contributed by atoms with Crippen LogP contribution in [0.2, 0.25) is 0 Å². The smallest absolute Gasteiger partial charge is 0.320 e. The molecule has 2 rings (SSSR count). The number of thiophene rings is 1. The molecular formula is C13H18N2O3S. The summed E-state index contributed by atoms with van der Waals surface area (Å²) in [6, 6.07) is 3.39. The number of piperidine rings is 1. The summed E-state index contributed by atoms with van der Waals surface area (Å²) in [6.45, 7) is 1.37. The van der Waals surface area contributed by atoms with Crippen molar-refractivity contribution in [3.05, 3.63) is 22.4 Å². The van der Waals surface area contributed by atoms with Crippen molar-refractivity contribution < 1.29 is 14.7 Å². The summed E-state index contributed by atoms with van der Waals surface area (Å²) in [5.41, 5.74) is 0. The Bertz CT molecular complexity index is 433. The summed E-state index contributed by atoms with van der Waals surface area (Å²) in [5.74, 6) is -0.938. The first-order valence-electron chi connectivity index (χ1n) is 6.43. The van der Waals surface area contributed by atoms with Gasteiger partial charge in [-0.15, -0.1) is 11.3 Å². The first-order chi connectivity index (χ1) is 9.16. The Morgan fingerprint density at radius 2 is 2.32 bits per heavy atom. The van der Waals surface area contributed by atoms with Crippen LogP contribution in [0.3, 0.4) is 0 Å². The molecule has 0 saturated carbocycles. The van der Waals surface area contributed by atoms with E-state index >= 15 is 0 Å². The number of carbonyl (C=O) groups excluding carboxylic acids is 1. The van der Waals surface area contributed by atoms with E-state index in [4.69, 9.17) is 5.11 Å². The molecule has 2 heterocycles. The van der Waals surface area contributed by atoms with Crippen LogP contribution < -0.4 is 5.32 Å². The number of likely N-dealkylation sites (tertiary alicyclic amines) is 1. The first-order valence-corrected chi connectivity index (χ1v) is 7.30. The van der Waals surface area contributed by atoms with Gasteiger partial charge in [0.1, 0.15) is 6.04 Å². The standard InChI is InChI=1S/C13H18N2O3S/c16-12(14-8-10-4-3-7-19-10)9-15-6-2-1-5-11(15)13(17)18/h3-4,7,11H,1-2,5-6,8-9H2,(H,14,16)(H,17,18). The quantitative estimate of drug-likeness (QED) is 0.854. The number of carboxylic acids is 1. The van der Waals surface area contributed by atoms with Gasteiger partial charge in [0.2, 0.25) is 5.91 Å². The maximum atomic E-state index is 11.8. The Morgan fingerprint density at radius 3 is 3.00 bits per heavy atom. The van der Waals surface area contributed by atoms with E-state index in [1.165, 1.54) is 0 Å². The van der Waals surface area contributed by atoms with Crippen molar-refractivity contribution in [3.8, 4) is 0 Å². The summed E-state index contributed by atoms with van der Waals surface area (Å²) < 4.78 is 0. The van der Waals surface area contributed by atoms with E-state index in [-0.39, 0.29) is 12.5 Å². The molecule has 1 fully saturated rings. The minimum Gasteiger partial charge on any atom is -0.480 e. The fourth-order valence-corrected chi connectivity index (χ4v) is 2.94. The highest BCUT2D eigenvalue weighted by Crippen LogP contribution is 2.16. The molecule has 0 radical (unpaired) electrons. The fraction of sp³-hybridized carbons (Fsp3) is 0.538. The van der Waals surface area contributed by atoms with Crippen LogP contribution in [0.25, 0.3) is 0 Å². The number of amides is 1. The summed E-state index contributed by atoms with van der Waals surface area (Å²) in [5, 5.41) is 13.9. The molecule has 104 valence electrons. The molecule has 0 aromatic carbocycles. The maximum Gasteiger partial charge on any atom is 0.320 e. The molecule has 1 aromatic rings. The summed E-state index contributed by atoms with van der Waals surface area (Å²) in [6.07, 6.45) is 2.51. The maximum absolute atomic E-state index is 11.8. The average molecular weight is 282 g/mol. The lowest BCUT2D eigenvalue weighted by atomic mass is 10.0. The van der Waals surface area contributed by atoms with Gasteiger partial charge in [0, 0.05) is 4.88 Å². The molecule has 1 aliphatic rings. The second-order valence-corrected chi connectivity index (χ2v) is 5.71. The van der Waals surface area contributed by atoms with Crippen molar-refractivity contribution >= 4 is 23.2 Å². The van der Waals surface area contributed by atoms with E-state index < -0.39 is 12.0 Å². The second-order valence-electron chi connectivity index (χ2n) is 4.68. The van der Waals surface area contributed by atoms with Crippen LogP contribution in [0.5, 0.6) is 0 Å². The topological polar surface area (TPSA) is 69.6 Å². The van der Waals surface area contributed by atoms with Gasteiger partial charge < -0.3 is 10.4 Å². The predicted octanol–water partition coefficient (Wildman–Crippen LogP) is 1.30. The Balaban J connectivity index is 1.81. The monoisotopic (exact) mass is 282 g/mol. The predicted molar refractivity (Wildman–Crippen MR) is 73.0 cm³/mol. The molecule has 1 saturated heterocycles. The fourth-order valence-electron chi connectivity index (χ4n) is 2.30. The van der Waals surface area contributed by atoms with E-state index in [0.717, 1.165) is 17.7 Å². The third-order valence-electron chi connectivity index (χ3n) is 3.29. The van der Waals surface area contributed by atoms with E-state index in [1.54, 1.807) is 16.2 Å². The summed E-state index contributed by atoms with van der Waals surface area (Å²) in [7, 11) is 0. The molecular weight excluding hydrogens is 264 g/mol. The highest BCUT2D eigenvalue weighted by molar-refractivity contribution is 7.09. The zero-order valence-corrected chi connectivity index (χ0v) is 11.5. The van der Waals surface area contributed by atoms with Crippen molar-refractivity contribution in [1.82, 2.24) is 10.2 Å². The molecule has 1 aliphatic heterocycles. The molecule has 2 N–H and O–H groups in total. The molecule has 1 unspecified atom stereocenters. The zero-order valence-electron chi connectivity index (χ0n) is 10.7. The lowest BCUT2D eigenvalue weighted by Crippen LogP contribution is -2.48. The van der Waals surface area contributed by atoms with Crippen LogP contribution in [-0.4, -0.2) is 41.0 Å². The highest BCUT2D eigenvalue weighted by Gasteiger charge is 2.29. The molecule has 0 aliphatic carbocycles. The number of nitrogens with zero attached hydrogens (tertiary/aromatic N) is 1. The molecule has 6 heteroatoms. The summed E-state index contributed by atoms with van der Waals surface area (Å²) >= 11 is 1.59. The van der Waals surface area contributed by atoms with Gasteiger partial charge >= 0.3 is 5.97 Å². The van der Waals surface area contributed by atoms with Gasteiger partial charge in [-0.25, -0.2) is 0 Å². The van der Waals surface area contributed by atoms with Crippen LogP contribution in [0, 0.1) is 0 Å². The number of carboxylic acid groups (broad SMARTS) is 1. The molecule has 0 spiro atoms. The van der Waals surface area contributed by atoms with Crippen molar-refractivity contribution in [1.29, 1.82) is 0 Å². The Kier molecular flexibility index (Phi) is 4.93. The highest BCUT2D eigenvalue weighted by atomic mass is 32.1. The second kappa shape index (κ2) is 6.68. The van der Waals surface area contributed by atoms with Crippen molar-refractivity contribution in [2.75, 3.05) is 13.1 Å². The van der Waals surface area contributed by atoms with Gasteiger partial charge in [-0.2, -0.15) is 0 Å². The van der Waals surface area contributed by atoms with Crippen LogP contribution in [0.1, 0.15) is 24.1 Å². The van der Waals surface area contributed by atoms with Gasteiger partial charge in [-0.3, -0.25) is 14.5 Å². The van der Waals surface area contributed by atoms with E-state index in [9.17, 15) is 9.59 Å². The number of rotatable bonds is 5. The van der Waals surface area contributed by atoms with Crippen LogP contribution >= 0.6 is 11.3 Å². The molecule has 5 nitrogen and oxygen atoms in total. The third-order valence-corrected chi connectivity index (χ3v) is 4.16. The molecule has 19 heavy (non-hydrogen) atoms. The van der Waals surface area contributed by atoms with Crippen LogP contribution in [-0.2, 0) is 16.1 Å². The van der Waals surface area contributed by atoms with Crippen LogP contribution in [0.15, 0.2) is 17.5 Å². The molecule has 1 amide bonds. The lowest BCUT2D eigenvalue weighted by Gasteiger charge is -2.32. The minimum atomic E-state index is -0.828. The molecule has 1 atom stereocenters. The van der Waals surface area contributed by atoms with E-state index in [0.29, 0.717) is 19.5 Å². The third kappa shape index (κ3) is 4.04. The number of hydrogen-bond acceptors (Lipinski definition) is 4. The lowest BCUT2D eigenvalue weighted by molar-refractivity contribution is -0.145. The van der Waals surface area contributed by atoms with Gasteiger partial charge in [0.05, 0.1) is 13.1 Å². The Labute approximate surface area is 116 Å². The van der Waals surface area contributed by atoms with Gasteiger partial charge in [-0.05, 0) is 30.8 Å². The van der Waals surface area contributed by atoms with E-state index in [1.807, 2.05) is 17.5 Å². The van der Waals surface area contributed by atoms with Gasteiger partial charge in [0.25, 0.3) is 0 Å². The average Bonchev–Trinajstić information content (AvgIpc) is 2.90. The van der Waals surface area contributed by atoms with Crippen molar-refractivity contribution in [3.63, 3.8) is 0 Å². The van der Waals surface area contributed by atoms with Crippen molar-refractivity contribution in [2.45, 2.75) is 31.8 Å². The van der Waals surface area contributed by atoms with Gasteiger partial charge in [0.15, 0.2) is 0 Å². The number of carbonyl (C=O) groups is 2. The summed E-state index contributed by atoms with van der Waals surface area (Å²) in [4.78, 5) is 25.8. The molecule has 0 bridgehead atoms. The number of hydrogen-bond donors (Lipinski definition) is 2. The zero-order chi connectivity index (χ0) is 13.7. The normalized spacial score (nSPS) is 20.1. The number of aliphatic carboxylic acids is 1. The first kappa shape index (κ1) is 14.0. The van der Waals surface area contributed by atoms with Crippen molar-refractivity contribution in [2.24, 2.45) is 0 Å². The van der Waals surface area contributed by atoms with Crippen LogP contribution in [0.4, 0.5) is 0 Å². The van der Waals surface area contributed by atoms with E-state index in [2.05, 4.69) is 5.32 Å².